The highest BCUT2D eigenvalue weighted by Gasteiger charge is 2.31. The zero-order chi connectivity index (χ0) is 32.9. The van der Waals surface area contributed by atoms with Crippen LogP contribution in [0, 0.1) is 0 Å². The van der Waals surface area contributed by atoms with Crippen molar-refractivity contribution in [1.29, 1.82) is 0 Å². The lowest BCUT2D eigenvalue weighted by Gasteiger charge is -2.34. The molecule has 46 heavy (non-hydrogen) atoms. The summed E-state index contributed by atoms with van der Waals surface area (Å²) in [7, 11) is -2.56. The van der Waals surface area contributed by atoms with E-state index in [1.54, 1.807) is 32.9 Å². The molecule has 2 aliphatic rings. The Kier molecular flexibility index (Phi) is 10.3. The Morgan fingerprint density at radius 2 is 1.85 bits per heavy atom. The fraction of sp³-hybridized carbons (Fsp3) is 0.515. The largest absolute Gasteiger partial charge is 0.497 e. The van der Waals surface area contributed by atoms with E-state index in [-0.39, 0.29) is 11.4 Å². The molecular formula is C33H45N7O5S. The fourth-order valence-corrected chi connectivity index (χ4v) is 7.05. The van der Waals surface area contributed by atoms with Gasteiger partial charge in [-0.1, -0.05) is 13.0 Å². The van der Waals surface area contributed by atoms with Crippen molar-refractivity contribution in [2.75, 3.05) is 48.8 Å². The van der Waals surface area contributed by atoms with Crippen LogP contribution in [0.5, 0.6) is 5.75 Å². The Labute approximate surface area is 271 Å². The minimum absolute atomic E-state index is 0.00526. The standard InChI is InChI=1S/C33H45N7O5S/c1-6-26-30(35-20-28(32(41)45-33(2,3)4)39-46(42,43)25-12-10-24(44-5)11-13-25)36-21-37-31(26)40-18-15-22(16-19-40)27-14-9-23-8-7-17-34-29(23)38-27/h9-14,21-22,28,39H,6-8,15-20H2,1-5H3,(H,34,38)(H,35,36,37). The Morgan fingerprint density at radius 3 is 2.52 bits per heavy atom. The molecule has 248 valence electrons. The summed E-state index contributed by atoms with van der Waals surface area (Å²) in [5.41, 5.74) is 2.52. The van der Waals surface area contributed by atoms with Crippen molar-refractivity contribution in [2.24, 2.45) is 0 Å². The topological polar surface area (TPSA) is 148 Å². The number of carbonyl (C=O) groups is 1. The van der Waals surface area contributed by atoms with E-state index >= 15 is 0 Å². The number of ether oxygens (including phenoxy) is 2. The van der Waals surface area contributed by atoms with Gasteiger partial charge in [0.2, 0.25) is 10.0 Å². The van der Waals surface area contributed by atoms with Crippen LogP contribution in [0.1, 0.15) is 69.7 Å². The highest BCUT2D eigenvalue weighted by atomic mass is 32.2. The second-order valence-electron chi connectivity index (χ2n) is 12.7. The van der Waals surface area contributed by atoms with Crippen LogP contribution in [0.4, 0.5) is 17.5 Å². The molecule has 0 aliphatic carbocycles. The molecule has 2 aliphatic heterocycles. The lowest BCUT2D eigenvalue weighted by molar-refractivity contribution is -0.156. The van der Waals surface area contributed by atoms with Gasteiger partial charge in [0.1, 0.15) is 41.2 Å². The van der Waals surface area contributed by atoms with Crippen LogP contribution in [-0.4, -0.2) is 74.3 Å². The highest BCUT2D eigenvalue weighted by Crippen LogP contribution is 2.33. The summed E-state index contributed by atoms with van der Waals surface area (Å²) < 4.78 is 39.8. The third-order valence-electron chi connectivity index (χ3n) is 8.24. The molecule has 1 atom stereocenters. The van der Waals surface area contributed by atoms with Crippen LogP contribution in [0.15, 0.2) is 47.6 Å². The lowest BCUT2D eigenvalue weighted by atomic mass is 9.92. The number of nitrogens with zero attached hydrogens (tertiary/aromatic N) is 4. The molecule has 0 spiro atoms. The molecule has 12 nitrogen and oxygen atoms in total. The number of nitrogens with one attached hydrogen (secondary N) is 3. The number of pyridine rings is 1. The smallest absolute Gasteiger partial charge is 0.326 e. The zero-order valence-corrected chi connectivity index (χ0v) is 28.1. The normalized spacial score (nSPS) is 16.2. The number of benzene rings is 1. The zero-order valence-electron chi connectivity index (χ0n) is 27.3. The first-order valence-corrected chi connectivity index (χ1v) is 17.4. The van der Waals surface area contributed by atoms with E-state index in [4.69, 9.17) is 14.5 Å². The lowest BCUT2D eigenvalue weighted by Crippen LogP contribution is -2.48. The van der Waals surface area contributed by atoms with E-state index in [0.717, 1.165) is 68.2 Å². The molecule has 0 bridgehead atoms. The number of sulfonamides is 1. The third-order valence-corrected chi connectivity index (χ3v) is 9.72. The van der Waals surface area contributed by atoms with Crippen LogP contribution < -0.4 is 25.0 Å². The summed E-state index contributed by atoms with van der Waals surface area (Å²) in [5, 5.41) is 6.67. The Morgan fingerprint density at radius 1 is 1.11 bits per heavy atom. The number of aryl methyl sites for hydroxylation is 1. The fourth-order valence-electron chi connectivity index (χ4n) is 5.87. The van der Waals surface area contributed by atoms with Crippen molar-refractivity contribution < 1.29 is 22.7 Å². The highest BCUT2D eigenvalue weighted by molar-refractivity contribution is 7.89. The van der Waals surface area contributed by atoms with Crippen molar-refractivity contribution in [3.63, 3.8) is 0 Å². The molecule has 1 fully saturated rings. The van der Waals surface area contributed by atoms with Crippen LogP contribution in [0.2, 0.25) is 0 Å². The Balaban J connectivity index is 1.29. The first-order chi connectivity index (χ1) is 22.0. The van der Waals surface area contributed by atoms with E-state index in [2.05, 4.69) is 42.4 Å². The van der Waals surface area contributed by atoms with Crippen molar-refractivity contribution in [3.8, 4) is 5.75 Å². The van der Waals surface area contributed by atoms with Gasteiger partial charge < -0.3 is 25.0 Å². The van der Waals surface area contributed by atoms with Gasteiger partial charge >= 0.3 is 5.97 Å². The summed E-state index contributed by atoms with van der Waals surface area (Å²) >= 11 is 0. The van der Waals surface area contributed by atoms with Crippen LogP contribution >= 0.6 is 0 Å². The summed E-state index contributed by atoms with van der Waals surface area (Å²) in [6.07, 6.45) is 6.27. The molecular weight excluding hydrogens is 606 g/mol. The van der Waals surface area contributed by atoms with Crippen molar-refractivity contribution in [2.45, 2.75) is 82.3 Å². The Hall–Kier alpha value is -3.97. The molecule has 3 aromatic rings. The summed E-state index contributed by atoms with van der Waals surface area (Å²) in [5.74, 6) is 2.62. The number of rotatable bonds is 11. The molecule has 2 aromatic heterocycles. The number of hydrogen-bond donors (Lipinski definition) is 3. The molecule has 0 radical (unpaired) electrons. The molecule has 0 saturated carbocycles. The van der Waals surface area contributed by atoms with E-state index in [1.807, 2.05) is 6.92 Å². The summed E-state index contributed by atoms with van der Waals surface area (Å²) in [6.45, 7) is 9.78. The number of hydrogen-bond acceptors (Lipinski definition) is 11. The van der Waals surface area contributed by atoms with E-state index in [0.29, 0.717) is 23.9 Å². The van der Waals surface area contributed by atoms with Crippen molar-refractivity contribution in [1.82, 2.24) is 19.7 Å². The molecule has 1 unspecified atom stereocenters. The monoisotopic (exact) mass is 651 g/mol. The number of esters is 1. The van der Waals surface area contributed by atoms with Crippen LogP contribution in [0.3, 0.4) is 0 Å². The van der Waals surface area contributed by atoms with Gasteiger partial charge in [-0.2, -0.15) is 4.72 Å². The maximum absolute atomic E-state index is 13.3. The van der Waals surface area contributed by atoms with Crippen molar-refractivity contribution in [3.05, 3.63) is 59.5 Å². The first-order valence-electron chi connectivity index (χ1n) is 15.9. The van der Waals surface area contributed by atoms with Crippen molar-refractivity contribution >= 4 is 33.4 Å². The van der Waals surface area contributed by atoms with Crippen LogP contribution in [-0.2, 0) is 32.4 Å². The third kappa shape index (κ3) is 8.05. The Bertz CT molecular complexity index is 1620. The number of piperidine rings is 1. The maximum atomic E-state index is 13.3. The predicted octanol–water partition coefficient (Wildman–Crippen LogP) is 4.29. The number of anilines is 3. The number of methoxy groups -OCH3 is 1. The maximum Gasteiger partial charge on any atom is 0.326 e. The van der Waals surface area contributed by atoms with E-state index in [9.17, 15) is 13.2 Å². The summed E-state index contributed by atoms with van der Waals surface area (Å²) in [6, 6.07) is 9.13. The molecule has 13 heteroatoms. The van der Waals surface area contributed by atoms with E-state index in [1.165, 1.54) is 31.1 Å². The van der Waals surface area contributed by atoms with Gasteiger partial charge in [0.15, 0.2) is 0 Å². The summed E-state index contributed by atoms with van der Waals surface area (Å²) in [4.78, 5) is 29.6. The second kappa shape index (κ2) is 14.2. The number of fused-ring (bicyclic) bond motifs is 1. The SMILES string of the molecule is CCc1c(NCC(NS(=O)(=O)c2ccc(OC)cc2)C(=O)OC(C)(C)C)ncnc1N1CCC(c2ccc3c(n2)NCCC3)CC1. The quantitative estimate of drug-likeness (QED) is 0.255. The van der Waals surface area contributed by atoms with Gasteiger partial charge in [0.25, 0.3) is 0 Å². The van der Waals surface area contributed by atoms with Gasteiger partial charge in [-0.05, 0) is 88.8 Å². The average Bonchev–Trinajstić information content (AvgIpc) is 3.05. The molecule has 0 amide bonds. The minimum Gasteiger partial charge on any atom is -0.497 e. The number of aromatic nitrogens is 3. The second-order valence-corrected chi connectivity index (χ2v) is 14.4. The van der Waals surface area contributed by atoms with E-state index < -0.39 is 27.6 Å². The van der Waals surface area contributed by atoms with Gasteiger partial charge in [-0.15, -0.1) is 0 Å². The van der Waals surface area contributed by atoms with Gasteiger partial charge in [-0.25, -0.2) is 23.4 Å². The van der Waals surface area contributed by atoms with Crippen LogP contribution in [0.25, 0.3) is 0 Å². The number of carbonyl (C=O) groups excluding carboxylic acids is 1. The minimum atomic E-state index is -4.06. The molecule has 1 aromatic carbocycles. The first kappa shape index (κ1) is 33.4. The molecule has 5 rings (SSSR count). The predicted molar refractivity (Wildman–Crippen MR) is 178 cm³/mol. The molecule has 4 heterocycles. The molecule has 1 saturated heterocycles. The van der Waals surface area contributed by atoms with Gasteiger partial charge in [-0.3, -0.25) is 4.79 Å². The van der Waals surface area contributed by atoms with Gasteiger partial charge in [0.05, 0.1) is 12.0 Å². The average molecular weight is 652 g/mol. The van der Waals surface area contributed by atoms with Gasteiger partial charge in [0, 0.05) is 43.4 Å². The molecule has 3 N–H and O–H groups in total.